The number of aldehydes is 1. The highest BCUT2D eigenvalue weighted by Gasteiger charge is 2.54. The second-order valence-electron chi connectivity index (χ2n) is 8.16. The van der Waals surface area contributed by atoms with Gasteiger partial charge in [-0.2, -0.15) is 0 Å². The first-order chi connectivity index (χ1) is 11.6. The van der Waals surface area contributed by atoms with E-state index in [1.54, 1.807) is 12.1 Å². The van der Waals surface area contributed by atoms with Crippen LogP contribution in [0.2, 0.25) is 5.02 Å². The van der Waals surface area contributed by atoms with Gasteiger partial charge in [-0.25, -0.2) is 0 Å². The van der Waals surface area contributed by atoms with Crippen LogP contribution in [0.4, 0.5) is 0 Å². The molecule has 4 nitrogen and oxygen atoms in total. The van der Waals surface area contributed by atoms with E-state index < -0.39 is 16.6 Å². The summed E-state index contributed by atoms with van der Waals surface area (Å²) in [6.07, 6.45) is 3.29. The fourth-order valence-electron chi connectivity index (χ4n) is 4.40. The molecular formula is C20H28ClNO3. The largest absolute Gasteiger partial charge is 0.385 e. The zero-order chi connectivity index (χ0) is 18.9. The van der Waals surface area contributed by atoms with Gasteiger partial charge >= 0.3 is 0 Å². The SMILES string of the molecule is CC(C)[C@](C=O)(NC=O)C1CC[C@](O)(c2ccc(Cl)cc2)C(C)(C)C1. The maximum Gasteiger partial charge on any atom is 0.207 e. The first kappa shape index (κ1) is 19.9. The highest BCUT2D eigenvalue weighted by Crippen LogP contribution is 2.54. The molecule has 5 heteroatoms. The zero-order valence-electron chi connectivity index (χ0n) is 15.4. The van der Waals surface area contributed by atoms with E-state index in [0.717, 1.165) is 11.8 Å². The van der Waals surface area contributed by atoms with Crippen LogP contribution >= 0.6 is 11.6 Å². The van der Waals surface area contributed by atoms with Gasteiger partial charge in [0, 0.05) is 5.02 Å². The fourth-order valence-corrected chi connectivity index (χ4v) is 4.53. The minimum absolute atomic E-state index is 0.0298. The quantitative estimate of drug-likeness (QED) is 0.755. The smallest absolute Gasteiger partial charge is 0.207 e. The number of carbonyl (C=O) groups is 2. The normalized spacial score (nSPS) is 28.2. The first-order valence-corrected chi connectivity index (χ1v) is 9.17. The number of rotatable bonds is 6. The van der Waals surface area contributed by atoms with E-state index in [-0.39, 0.29) is 11.8 Å². The number of halogens is 1. The lowest BCUT2D eigenvalue weighted by Crippen LogP contribution is -2.60. The molecule has 1 saturated carbocycles. The summed E-state index contributed by atoms with van der Waals surface area (Å²) in [5, 5.41) is 14.9. The molecule has 1 fully saturated rings. The molecule has 1 aliphatic rings. The molecule has 0 aromatic heterocycles. The van der Waals surface area contributed by atoms with Crippen molar-refractivity contribution in [2.24, 2.45) is 17.3 Å². The van der Waals surface area contributed by atoms with Gasteiger partial charge in [0.05, 0.1) is 5.60 Å². The summed E-state index contributed by atoms with van der Waals surface area (Å²) in [5.41, 5.74) is -1.52. The Morgan fingerprint density at radius 3 is 2.32 bits per heavy atom. The standard InChI is InChI=1S/C20H28ClNO3/c1-14(2)19(12-23,22-13-24)16-9-10-20(25,18(3,4)11-16)15-5-7-17(21)8-6-15/h5-8,12-14,16,25H,9-11H2,1-4H3,(H,22,24)/t16?,19-,20-/m0/s1. The number of amides is 1. The highest BCUT2D eigenvalue weighted by molar-refractivity contribution is 6.30. The number of hydrogen-bond donors (Lipinski definition) is 2. The molecule has 2 rings (SSSR count). The molecule has 0 aliphatic heterocycles. The Kier molecular flexibility index (Phi) is 5.65. The third kappa shape index (κ3) is 3.34. The van der Waals surface area contributed by atoms with Gasteiger partial charge in [-0.05, 0) is 54.2 Å². The number of carbonyl (C=O) groups excluding carboxylic acids is 2. The number of hydrogen-bond acceptors (Lipinski definition) is 3. The van der Waals surface area contributed by atoms with Gasteiger partial charge in [-0.15, -0.1) is 0 Å². The first-order valence-electron chi connectivity index (χ1n) is 8.79. The van der Waals surface area contributed by atoms with Crippen molar-refractivity contribution in [2.45, 2.75) is 58.1 Å². The molecule has 1 amide bonds. The van der Waals surface area contributed by atoms with Gasteiger partial charge in [0.2, 0.25) is 6.41 Å². The minimum atomic E-state index is -0.999. The monoisotopic (exact) mass is 365 g/mol. The van der Waals surface area contributed by atoms with Crippen LogP contribution in [0.15, 0.2) is 24.3 Å². The third-order valence-electron chi connectivity index (χ3n) is 6.19. The molecule has 0 heterocycles. The molecule has 0 saturated heterocycles. The van der Waals surface area contributed by atoms with Crippen molar-refractivity contribution in [1.82, 2.24) is 5.32 Å². The van der Waals surface area contributed by atoms with Crippen LogP contribution in [0.5, 0.6) is 0 Å². The number of nitrogens with one attached hydrogen (secondary N) is 1. The summed E-state index contributed by atoms with van der Waals surface area (Å²) >= 11 is 5.98. The van der Waals surface area contributed by atoms with Crippen molar-refractivity contribution < 1.29 is 14.7 Å². The van der Waals surface area contributed by atoms with Crippen molar-refractivity contribution in [3.8, 4) is 0 Å². The molecule has 1 aliphatic carbocycles. The summed E-state index contributed by atoms with van der Waals surface area (Å²) in [7, 11) is 0. The Balaban J connectivity index is 2.37. The van der Waals surface area contributed by atoms with Crippen LogP contribution in [-0.4, -0.2) is 23.3 Å². The maximum absolute atomic E-state index is 11.9. The Bertz CT molecular complexity index is 628. The summed E-state index contributed by atoms with van der Waals surface area (Å²) in [4.78, 5) is 23.1. The topological polar surface area (TPSA) is 66.4 Å². The van der Waals surface area contributed by atoms with E-state index in [1.165, 1.54) is 0 Å². The van der Waals surface area contributed by atoms with Gasteiger partial charge in [0.25, 0.3) is 0 Å². The predicted octanol–water partition coefficient (Wildman–Crippen LogP) is 3.69. The average Bonchev–Trinajstić information content (AvgIpc) is 2.55. The van der Waals surface area contributed by atoms with E-state index in [0.29, 0.717) is 30.7 Å². The Hall–Kier alpha value is -1.39. The van der Waals surface area contributed by atoms with Crippen LogP contribution in [0, 0.1) is 17.3 Å². The minimum Gasteiger partial charge on any atom is -0.385 e. The predicted molar refractivity (Wildman–Crippen MR) is 99.3 cm³/mol. The summed E-state index contributed by atoms with van der Waals surface area (Å²) in [6.45, 7) is 7.92. The van der Waals surface area contributed by atoms with Crippen LogP contribution in [0.3, 0.4) is 0 Å². The maximum atomic E-state index is 11.9. The van der Waals surface area contributed by atoms with E-state index in [1.807, 2.05) is 39.8 Å². The number of benzene rings is 1. The molecule has 25 heavy (non-hydrogen) atoms. The van der Waals surface area contributed by atoms with Crippen molar-refractivity contribution >= 4 is 24.3 Å². The lowest BCUT2D eigenvalue weighted by molar-refractivity contribution is -0.142. The molecular weight excluding hydrogens is 338 g/mol. The van der Waals surface area contributed by atoms with Crippen molar-refractivity contribution in [1.29, 1.82) is 0 Å². The third-order valence-corrected chi connectivity index (χ3v) is 6.44. The lowest BCUT2D eigenvalue weighted by Gasteiger charge is -2.53. The molecule has 1 aromatic rings. The van der Waals surface area contributed by atoms with Crippen LogP contribution < -0.4 is 5.32 Å². The molecule has 2 N–H and O–H groups in total. The van der Waals surface area contributed by atoms with Crippen LogP contribution in [0.25, 0.3) is 0 Å². The second kappa shape index (κ2) is 7.08. The molecule has 3 atom stereocenters. The lowest BCUT2D eigenvalue weighted by atomic mass is 9.55. The van der Waals surface area contributed by atoms with E-state index in [4.69, 9.17) is 11.6 Å². The molecule has 1 unspecified atom stereocenters. The van der Waals surface area contributed by atoms with Crippen molar-refractivity contribution in [3.63, 3.8) is 0 Å². The highest BCUT2D eigenvalue weighted by atomic mass is 35.5. The molecule has 1 aromatic carbocycles. The summed E-state index contributed by atoms with van der Waals surface area (Å²) < 4.78 is 0. The summed E-state index contributed by atoms with van der Waals surface area (Å²) in [6, 6.07) is 7.30. The van der Waals surface area contributed by atoms with Crippen LogP contribution in [-0.2, 0) is 15.2 Å². The van der Waals surface area contributed by atoms with Gasteiger partial charge < -0.3 is 15.2 Å². The second-order valence-corrected chi connectivity index (χ2v) is 8.59. The zero-order valence-corrected chi connectivity index (χ0v) is 16.1. The van der Waals surface area contributed by atoms with Crippen LogP contribution in [0.1, 0.15) is 52.5 Å². The van der Waals surface area contributed by atoms with Gasteiger partial charge in [-0.1, -0.05) is 51.4 Å². The van der Waals surface area contributed by atoms with Gasteiger partial charge in [0.1, 0.15) is 11.8 Å². The fraction of sp³-hybridized carbons (Fsp3) is 0.600. The average molecular weight is 366 g/mol. The van der Waals surface area contributed by atoms with Gasteiger partial charge in [0.15, 0.2) is 0 Å². The Morgan fingerprint density at radius 1 is 1.28 bits per heavy atom. The van der Waals surface area contributed by atoms with E-state index >= 15 is 0 Å². The Morgan fingerprint density at radius 2 is 1.88 bits per heavy atom. The van der Waals surface area contributed by atoms with Crippen molar-refractivity contribution in [3.05, 3.63) is 34.9 Å². The molecule has 138 valence electrons. The van der Waals surface area contributed by atoms with Gasteiger partial charge in [-0.3, -0.25) is 4.79 Å². The Labute approximate surface area is 155 Å². The molecule has 0 spiro atoms. The molecule has 0 radical (unpaired) electrons. The summed E-state index contributed by atoms with van der Waals surface area (Å²) in [5.74, 6) is -0.0597. The number of aliphatic hydroxyl groups is 1. The van der Waals surface area contributed by atoms with E-state index in [9.17, 15) is 14.7 Å². The van der Waals surface area contributed by atoms with Crippen molar-refractivity contribution in [2.75, 3.05) is 0 Å². The molecule has 0 bridgehead atoms. The van der Waals surface area contributed by atoms with E-state index in [2.05, 4.69) is 5.32 Å².